The zero-order valence-corrected chi connectivity index (χ0v) is 14.3. The van der Waals surface area contributed by atoms with Crippen LogP contribution in [0, 0.1) is 0 Å². The monoisotopic (exact) mass is 329 g/mol. The Morgan fingerprint density at radius 2 is 1.56 bits per heavy atom. The molecule has 25 heavy (non-hydrogen) atoms. The number of benzene rings is 3. The van der Waals surface area contributed by atoms with Gasteiger partial charge in [-0.2, -0.15) is 0 Å². The summed E-state index contributed by atoms with van der Waals surface area (Å²) in [5.74, 6) is 1.41. The summed E-state index contributed by atoms with van der Waals surface area (Å²) in [4.78, 5) is 14.3. The minimum atomic E-state index is 0.00328. The molecule has 0 saturated carbocycles. The number of para-hydroxylation sites is 3. The first kappa shape index (κ1) is 15.5. The molecule has 0 aliphatic carbocycles. The van der Waals surface area contributed by atoms with E-state index in [4.69, 9.17) is 4.74 Å². The lowest BCUT2D eigenvalue weighted by molar-refractivity contribution is 0.101. The molecular weight excluding hydrogens is 310 g/mol. The lowest BCUT2D eigenvalue weighted by Crippen LogP contribution is -2.25. The van der Waals surface area contributed by atoms with Gasteiger partial charge in [0.25, 0.3) is 0 Å². The van der Waals surface area contributed by atoms with Crippen molar-refractivity contribution in [3.63, 3.8) is 0 Å². The number of carbonyl (C=O) groups excluding carboxylic acids is 1. The molecule has 3 heteroatoms. The van der Waals surface area contributed by atoms with E-state index in [1.165, 1.54) is 5.56 Å². The maximum Gasteiger partial charge on any atom is 0.163 e. The summed E-state index contributed by atoms with van der Waals surface area (Å²) in [6.45, 7) is 3.74. The molecule has 1 atom stereocenters. The highest BCUT2D eigenvalue weighted by atomic mass is 16.5. The molecule has 3 nitrogen and oxygen atoms in total. The highest BCUT2D eigenvalue weighted by Gasteiger charge is 2.30. The van der Waals surface area contributed by atoms with Gasteiger partial charge in [-0.25, -0.2) is 0 Å². The van der Waals surface area contributed by atoms with E-state index in [1.807, 2.05) is 54.6 Å². The van der Waals surface area contributed by atoms with Crippen LogP contribution in [0.2, 0.25) is 0 Å². The molecular formula is C22H19NO2. The highest BCUT2D eigenvalue weighted by molar-refractivity contribution is 6.00. The van der Waals surface area contributed by atoms with E-state index in [0.29, 0.717) is 11.3 Å². The summed E-state index contributed by atoms with van der Waals surface area (Å²) in [6, 6.07) is 24.2. The van der Waals surface area contributed by atoms with Gasteiger partial charge in [-0.15, -0.1) is 0 Å². The fourth-order valence-corrected chi connectivity index (χ4v) is 3.38. The van der Waals surface area contributed by atoms with Crippen LogP contribution in [0.25, 0.3) is 0 Å². The number of hydrogen-bond donors (Lipinski definition) is 0. The Morgan fingerprint density at radius 1 is 0.880 bits per heavy atom. The molecule has 0 bridgehead atoms. The van der Waals surface area contributed by atoms with Gasteiger partial charge < -0.3 is 9.64 Å². The van der Waals surface area contributed by atoms with Gasteiger partial charge in [0.2, 0.25) is 0 Å². The lowest BCUT2D eigenvalue weighted by atomic mass is 10.0. The molecule has 0 spiro atoms. The third kappa shape index (κ3) is 2.58. The van der Waals surface area contributed by atoms with Gasteiger partial charge in [-0.1, -0.05) is 48.5 Å². The van der Waals surface area contributed by atoms with Gasteiger partial charge in [-0.3, -0.25) is 4.79 Å². The van der Waals surface area contributed by atoms with E-state index in [-0.39, 0.29) is 11.8 Å². The Morgan fingerprint density at radius 3 is 2.32 bits per heavy atom. The number of fused-ring (bicyclic) bond motifs is 2. The van der Waals surface area contributed by atoms with Crippen molar-refractivity contribution in [2.75, 3.05) is 4.90 Å². The number of ether oxygens (including phenoxy) is 1. The van der Waals surface area contributed by atoms with Crippen LogP contribution >= 0.6 is 0 Å². The van der Waals surface area contributed by atoms with E-state index in [0.717, 1.165) is 17.1 Å². The summed E-state index contributed by atoms with van der Waals surface area (Å²) < 4.78 is 6.12. The minimum absolute atomic E-state index is 0.00328. The van der Waals surface area contributed by atoms with Gasteiger partial charge in [0, 0.05) is 0 Å². The molecule has 0 N–H and O–H groups in total. The normalized spacial score (nSPS) is 13.4. The second-order valence-corrected chi connectivity index (χ2v) is 6.24. The van der Waals surface area contributed by atoms with E-state index >= 15 is 0 Å². The highest BCUT2D eigenvalue weighted by Crippen LogP contribution is 2.51. The van der Waals surface area contributed by atoms with Gasteiger partial charge in [-0.05, 0) is 43.7 Å². The maximum atomic E-state index is 12.1. The summed E-state index contributed by atoms with van der Waals surface area (Å²) in [6.07, 6.45) is 0. The van der Waals surface area contributed by atoms with Crippen LogP contribution in [0.15, 0.2) is 72.8 Å². The molecule has 0 amide bonds. The lowest BCUT2D eigenvalue weighted by Gasteiger charge is -2.37. The Balaban J connectivity index is 1.92. The van der Waals surface area contributed by atoms with Crippen LogP contribution in [0.1, 0.15) is 35.8 Å². The zero-order chi connectivity index (χ0) is 17.4. The van der Waals surface area contributed by atoms with Crippen molar-refractivity contribution in [2.45, 2.75) is 19.9 Å². The summed E-state index contributed by atoms with van der Waals surface area (Å²) >= 11 is 0. The van der Waals surface area contributed by atoms with Crippen LogP contribution in [0.5, 0.6) is 11.5 Å². The van der Waals surface area contributed by atoms with E-state index in [2.05, 4.69) is 30.0 Å². The molecule has 124 valence electrons. The average molecular weight is 329 g/mol. The SMILES string of the molecule is CC(=O)c1cccc2c1Oc1ccccc1N2C(C)c1ccccc1. The Labute approximate surface area is 147 Å². The van der Waals surface area contributed by atoms with Crippen molar-refractivity contribution in [1.29, 1.82) is 0 Å². The maximum absolute atomic E-state index is 12.1. The van der Waals surface area contributed by atoms with Crippen molar-refractivity contribution in [3.05, 3.63) is 83.9 Å². The molecule has 0 aromatic heterocycles. The minimum Gasteiger partial charge on any atom is -0.452 e. The van der Waals surface area contributed by atoms with Crippen LogP contribution in [0.4, 0.5) is 11.4 Å². The van der Waals surface area contributed by atoms with Crippen molar-refractivity contribution < 1.29 is 9.53 Å². The largest absolute Gasteiger partial charge is 0.452 e. The Kier molecular flexibility index (Phi) is 3.77. The zero-order valence-electron chi connectivity index (χ0n) is 14.3. The molecule has 0 radical (unpaired) electrons. The van der Waals surface area contributed by atoms with E-state index < -0.39 is 0 Å². The topological polar surface area (TPSA) is 29.5 Å². The van der Waals surface area contributed by atoms with Gasteiger partial charge >= 0.3 is 0 Å². The third-order valence-corrected chi connectivity index (χ3v) is 4.64. The molecule has 3 aromatic rings. The summed E-state index contributed by atoms with van der Waals surface area (Å²) in [5, 5.41) is 0. The Bertz CT molecular complexity index is 934. The molecule has 4 rings (SSSR count). The van der Waals surface area contributed by atoms with E-state index in [1.54, 1.807) is 6.92 Å². The van der Waals surface area contributed by atoms with Crippen LogP contribution in [-0.2, 0) is 0 Å². The van der Waals surface area contributed by atoms with Crippen LogP contribution in [-0.4, -0.2) is 5.78 Å². The first-order valence-corrected chi connectivity index (χ1v) is 8.42. The third-order valence-electron chi connectivity index (χ3n) is 4.64. The van der Waals surface area contributed by atoms with Crippen molar-refractivity contribution in [2.24, 2.45) is 0 Å². The second kappa shape index (κ2) is 6.10. The summed E-state index contributed by atoms with van der Waals surface area (Å²) in [5.41, 5.74) is 3.74. The van der Waals surface area contributed by atoms with Crippen LogP contribution < -0.4 is 9.64 Å². The number of nitrogens with zero attached hydrogens (tertiary/aromatic N) is 1. The van der Waals surface area contributed by atoms with Gasteiger partial charge in [0.15, 0.2) is 17.3 Å². The van der Waals surface area contributed by atoms with Crippen molar-refractivity contribution >= 4 is 17.2 Å². The molecule has 3 aromatic carbocycles. The predicted octanol–water partition coefficient (Wildman–Crippen LogP) is 5.89. The molecule has 0 saturated heterocycles. The number of ketones is 1. The van der Waals surface area contributed by atoms with E-state index in [9.17, 15) is 4.79 Å². The fourth-order valence-electron chi connectivity index (χ4n) is 3.38. The standard InChI is InChI=1S/C22H19NO2/c1-15(17-9-4-3-5-10-17)23-19-12-6-7-14-21(19)25-22-18(16(2)24)11-8-13-20(22)23/h3-15H,1-2H3. The number of carbonyl (C=O) groups is 1. The number of Topliss-reactive ketones (excluding diaryl/α,β-unsaturated/α-hetero) is 1. The fraction of sp³-hybridized carbons (Fsp3) is 0.136. The quantitative estimate of drug-likeness (QED) is 0.561. The smallest absolute Gasteiger partial charge is 0.163 e. The molecule has 1 aliphatic rings. The van der Waals surface area contributed by atoms with Crippen LogP contribution in [0.3, 0.4) is 0 Å². The van der Waals surface area contributed by atoms with Crippen molar-refractivity contribution in [3.8, 4) is 11.5 Å². The van der Waals surface area contributed by atoms with Gasteiger partial charge in [0.05, 0.1) is 23.0 Å². The van der Waals surface area contributed by atoms with Crippen molar-refractivity contribution in [1.82, 2.24) is 0 Å². The molecule has 1 heterocycles. The molecule has 1 unspecified atom stereocenters. The number of anilines is 2. The van der Waals surface area contributed by atoms with Gasteiger partial charge in [0.1, 0.15) is 0 Å². The second-order valence-electron chi connectivity index (χ2n) is 6.24. The molecule has 1 aliphatic heterocycles. The summed E-state index contributed by atoms with van der Waals surface area (Å²) in [7, 11) is 0. The first-order chi connectivity index (χ1) is 12.2. The number of hydrogen-bond acceptors (Lipinski definition) is 3. The first-order valence-electron chi connectivity index (χ1n) is 8.42. The Hall–Kier alpha value is -3.07. The average Bonchev–Trinajstić information content (AvgIpc) is 2.65. The molecule has 0 fully saturated rings. The number of rotatable bonds is 3. The predicted molar refractivity (Wildman–Crippen MR) is 100.0 cm³/mol.